The van der Waals surface area contributed by atoms with Crippen LogP contribution in [0.2, 0.25) is 0 Å². The second-order valence-electron chi connectivity index (χ2n) is 3.83. The molecule has 0 aliphatic heterocycles. The van der Waals surface area contributed by atoms with Crippen LogP contribution in [0, 0.1) is 0 Å². The van der Waals surface area contributed by atoms with Crippen molar-refractivity contribution >= 4 is 0 Å². The summed E-state index contributed by atoms with van der Waals surface area (Å²) in [6.07, 6.45) is 4.46. The molecule has 13 heavy (non-hydrogen) atoms. The largest absolute Gasteiger partial charge is 0.393 e. The fourth-order valence-electron chi connectivity index (χ4n) is 1.12. The zero-order valence-corrected chi connectivity index (χ0v) is 8.57. The van der Waals surface area contributed by atoms with E-state index in [0.29, 0.717) is 5.92 Å². The van der Waals surface area contributed by atoms with E-state index in [1.807, 2.05) is 17.1 Å². The van der Waals surface area contributed by atoms with Gasteiger partial charge in [-0.15, -0.1) is 0 Å². The standard InChI is InChI=1S/C10H18N2O/c1-8(2)10-6-11-12(7-10)5-4-9(3)13/h6-9,13H,4-5H2,1-3H3. The van der Waals surface area contributed by atoms with Crippen LogP contribution in [-0.4, -0.2) is 21.0 Å². The van der Waals surface area contributed by atoms with E-state index in [-0.39, 0.29) is 6.10 Å². The van der Waals surface area contributed by atoms with Gasteiger partial charge < -0.3 is 5.11 Å². The van der Waals surface area contributed by atoms with Gasteiger partial charge in [-0.3, -0.25) is 4.68 Å². The van der Waals surface area contributed by atoms with Crippen molar-refractivity contribution in [3.05, 3.63) is 18.0 Å². The Kier molecular flexibility index (Phi) is 3.48. The predicted octanol–water partition coefficient (Wildman–Crippen LogP) is 1.78. The van der Waals surface area contributed by atoms with Gasteiger partial charge in [0.05, 0.1) is 12.3 Å². The van der Waals surface area contributed by atoms with E-state index in [0.717, 1.165) is 13.0 Å². The Bertz CT molecular complexity index is 253. The summed E-state index contributed by atoms with van der Waals surface area (Å²) in [5, 5.41) is 13.3. The molecule has 0 aromatic carbocycles. The van der Waals surface area contributed by atoms with Gasteiger partial charge in [-0.25, -0.2) is 0 Å². The Labute approximate surface area is 79.4 Å². The van der Waals surface area contributed by atoms with Crippen LogP contribution >= 0.6 is 0 Å². The quantitative estimate of drug-likeness (QED) is 0.770. The van der Waals surface area contributed by atoms with Gasteiger partial charge in [0.1, 0.15) is 0 Å². The number of aliphatic hydroxyl groups is 1. The van der Waals surface area contributed by atoms with E-state index in [9.17, 15) is 0 Å². The van der Waals surface area contributed by atoms with Crippen molar-refractivity contribution in [2.75, 3.05) is 0 Å². The topological polar surface area (TPSA) is 38.0 Å². The molecule has 1 unspecified atom stereocenters. The van der Waals surface area contributed by atoms with Gasteiger partial charge >= 0.3 is 0 Å². The van der Waals surface area contributed by atoms with Crippen LogP contribution in [0.25, 0.3) is 0 Å². The third-order valence-corrected chi connectivity index (χ3v) is 2.10. The minimum absolute atomic E-state index is 0.244. The maximum atomic E-state index is 9.09. The number of aryl methyl sites for hydroxylation is 1. The summed E-state index contributed by atoms with van der Waals surface area (Å²) in [5.74, 6) is 0.528. The molecule has 1 aromatic heterocycles. The van der Waals surface area contributed by atoms with Crippen LogP contribution in [0.15, 0.2) is 12.4 Å². The lowest BCUT2D eigenvalue weighted by Gasteiger charge is -2.03. The van der Waals surface area contributed by atoms with Crippen LogP contribution in [0.5, 0.6) is 0 Å². The number of nitrogens with zero attached hydrogens (tertiary/aromatic N) is 2. The second kappa shape index (κ2) is 4.42. The molecule has 1 N–H and O–H groups in total. The average molecular weight is 182 g/mol. The number of aromatic nitrogens is 2. The minimum Gasteiger partial charge on any atom is -0.393 e. The Morgan fingerprint density at radius 1 is 1.46 bits per heavy atom. The second-order valence-corrected chi connectivity index (χ2v) is 3.83. The molecule has 0 saturated heterocycles. The molecule has 1 heterocycles. The smallest absolute Gasteiger partial charge is 0.0529 e. The third-order valence-electron chi connectivity index (χ3n) is 2.10. The molecule has 0 bridgehead atoms. The van der Waals surface area contributed by atoms with E-state index in [4.69, 9.17) is 5.11 Å². The van der Waals surface area contributed by atoms with Crippen LogP contribution in [0.3, 0.4) is 0 Å². The Hall–Kier alpha value is -0.830. The van der Waals surface area contributed by atoms with E-state index < -0.39 is 0 Å². The van der Waals surface area contributed by atoms with E-state index >= 15 is 0 Å². The predicted molar refractivity (Wildman–Crippen MR) is 52.6 cm³/mol. The first-order valence-electron chi connectivity index (χ1n) is 4.80. The molecule has 3 nitrogen and oxygen atoms in total. The molecule has 0 aliphatic rings. The normalized spacial score (nSPS) is 13.6. The zero-order chi connectivity index (χ0) is 9.84. The molecular formula is C10H18N2O. The molecule has 3 heteroatoms. The molecule has 74 valence electrons. The van der Waals surface area contributed by atoms with Crippen LogP contribution in [-0.2, 0) is 6.54 Å². The fourth-order valence-corrected chi connectivity index (χ4v) is 1.12. The first-order valence-corrected chi connectivity index (χ1v) is 4.80. The van der Waals surface area contributed by atoms with Crippen LogP contribution in [0.4, 0.5) is 0 Å². The summed E-state index contributed by atoms with van der Waals surface area (Å²) in [7, 11) is 0. The highest BCUT2D eigenvalue weighted by atomic mass is 16.3. The molecule has 0 amide bonds. The Morgan fingerprint density at radius 2 is 2.15 bits per heavy atom. The molecule has 1 atom stereocenters. The van der Waals surface area contributed by atoms with Crippen molar-refractivity contribution in [2.24, 2.45) is 0 Å². The Morgan fingerprint density at radius 3 is 2.62 bits per heavy atom. The van der Waals surface area contributed by atoms with Crippen LogP contribution in [0.1, 0.15) is 38.7 Å². The highest BCUT2D eigenvalue weighted by molar-refractivity contribution is 5.08. The lowest BCUT2D eigenvalue weighted by atomic mass is 10.1. The van der Waals surface area contributed by atoms with Crippen molar-refractivity contribution in [3.8, 4) is 0 Å². The summed E-state index contributed by atoms with van der Waals surface area (Å²) in [4.78, 5) is 0. The molecule has 0 radical (unpaired) electrons. The molecule has 0 fully saturated rings. The zero-order valence-electron chi connectivity index (χ0n) is 8.57. The summed E-state index contributed by atoms with van der Waals surface area (Å²) in [6, 6.07) is 0. The third kappa shape index (κ3) is 3.19. The van der Waals surface area contributed by atoms with Crippen molar-refractivity contribution in [1.82, 2.24) is 9.78 Å². The summed E-state index contributed by atoms with van der Waals surface area (Å²) < 4.78 is 1.89. The van der Waals surface area contributed by atoms with Crippen molar-refractivity contribution in [2.45, 2.75) is 45.8 Å². The summed E-state index contributed by atoms with van der Waals surface area (Å²) >= 11 is 0. The lowest BCUT2D eigenvalue weighted by Crippen LogP contribution is -2.07. The van der Waals surface area contributed by atoms with Gasteiger partial charge in [-0.05, 0) is 24.8 Å². The van der Waals surface area contributed by atoms with Crippen molar-refractivity contribution in [3.63, 3.8) is 0 Å². The molecule has 1 rings (SSSR count). The van der Waals surface area contributed by atoms with Gasteiger partial charge in [0.25, 0.3) is 0 Å². The van der Waals surface area contributed by atoms with Gasteiger partial charge in [0, 0.05) is 12.7 Å². The van der Waals surface area contributed by atoms with Crippen molar-refractivity contribution in [1.29, 1.82) is 0 Å². The number of rotatable bonds is 4. The number of hydrogen-bond acceptors (Lipinski definition) is 2. The van der Waals surface area contributed by atoms with Crippen molar-refractivity contribution < 1.29 is 5.11 Å². The molecule has 0 aliphatic carbocycles. The van der Waals surface area contributed by atoms with Gasteiger partial charge in [0.15, 0.2) is 0 Å². The summed E-state index contributed by atoms with van der Waals surface area (Å²) in [6.45, 7) is 6.89. The van der Waals surface area contributed by atoms with Gasteiger partial charge in [0.2, 0.25) is 0 Å². The fraction of sp³-hybridized carbons (Fsp3) is 0.700. The van der Waals surface area contributed by atoms with Crippen LogP contribution < -0.4 is 0 Å². The highest BCUT2D eigenvalue weighted by Crippen LogP contribution is 2.12. The highest BCUT2D eigenvalue weighted by Gasteiger charge is 2.03. The average Bonchev–Trinajstić information content (AvgIpc) is 2.48. The first kappa shape index (κ1) is 10.3. The molecule has 1 aromatic rings. The molecular weight excluding hydrogens is 164 g/mol. The van der Waals surface area contributed by atoms with E-state index in [2.05, 4.69) is 18.9 Å². The Balaban J connectivity index is 2.49. The van der Waals surface area contributed by atoms with Gasteiger partial charge in [-0.2, -0.15) is 5.10 Å². The number of aliphatic hydroxyl groups excluding tert-OH is 1. The molecule has 0 spiro atoms. The molecule has 0 saturated carbocycles. The summed E-state index contributed by atoms with van der Waals surface area (Å²) in [5.41, 5.74) is 1.26. The maximum absolute atomic E-state index is 9.09. The SMILES string of the molecule is CC(O)CCn1cc(C(C)C)cn1. The first-order chi connectivity index (χ1) is 6.09. The van der Waals surface area contributed by atoms with Gasteiger partial charge in [-0.1, -0.05) is 13.8 Å². The minimum atomic E-state index is -0.244. The van der Waals surface area contributed by atoms with E-state index in [1.54, 1.807) is 6.92 Å². The number of hydrogen-bond donors (Lipinski definition) is 1. The maximum Gasteiger partial charge on any atom is 0.0529 e. The monoisotopic (exact) mass is 182 g/mol. The lowest BCUT2D eigenvalue weighted by molar-refractivity contribution is 0.176. The van der Waals surface area contributed by atoms with E-state index in [1.165, 1.54) is 5.56 Å².